The molecule has 0 bridgehead atoms. The van der Waals surface area contributed by atoms with Crippen molar-refractivity contribution in [1.82, 2.24) is 9.13 Å². The maximum Gasteiger partial charge on any atom is 0.331 e. The fourth-order valence-electron chi connectivity index (χ4n) is 2.95. The van der Waals surface area contributed by atoms with Crippen molar-refractivity contribution < 1.29 is 13.6 Å². The van der Waals surface area contributed by atoms with Crippen LogP contribution in [-0.4, -0.2) is 20.8 Å². The molecule has 0 aliphatic heterocycles. The third kappa shape index (κ3) is 4.35. The largest absolute Gasteiger partial charge is 0.331 e. The topological polar surface area (TPSA) is 73.1 Å². The van der Waals surface area contributed by atoms with Crippen molar-refractivity contribution in [3.8, 4) is 0 Å². The quantitative estimate of drug-likeness (QED) is 0.593. The monoisotopic (exact) mass is 439 g/mol. The molecular weight excluding hydrogens is 424 g/mol. The first kappa shape index (κ1) is 21.1. The molecular formula is C19H16ClF2N3O3S. The van der Waals surface area contributed by atoms with Gasteiger partial charge in [0, 0.05) is 6.54 Å². The molecule has 0 aliphatic rings. The van der Waals surface area contributed by atoms with Crippen LogP contribution in [0.2, 0.25) is 5.02 Å². The summed E-state index contributed by atoms with van der Waals surface area (Å²) in [6.45, 7) is 1.40. The lowest BCUT2D eigenvalue weighted by Crippen LogP contribution is -2.41. The van der Waals surface area contributed by atoms with E-state index in [1.54, 1.807) is 31.2 Å². The Bertz CT molecular complexity index is 1190. The smallest absolute Gasteiger partial charge is 0.323 e. The fraction of sp³-hybridized carbons (Fsp3) is 0.211. The van der Waals surface area contributed by atoms with Gasteiger partial charge in [-0.05, 0) is 31.2 Å². The number of rotatable bonds is 6. The minimum atomic E-state index is -2.72. The normalized spacial score (nSPS) is 11.2. The van der Waals surface area contributed by atoms with E-state index in [4.69, 9.17) is 11.6 Å². The van der Waals surface area contributed by atoms with E-state index in [0.717, 1.165) is 4.57 Å². The molecule has 10 heteroatoms. The number of fused-ring (bicyclic) bond motifs is 1. The molecule has 0 aliphatic carbocycles. The van der Waals surface area contributed by atoms with Gasteiger partial charge in [-0.3, -0.25) is 18.7 Å². The fourth-order valence-corrected chi connectivity index (χ4v) is 3.87. The summed E-state index contributed by atoms with van der Waals surface area (Å²) < 4.78 is 27.9. The van der Waals surface area contributed by atoms with Gasteiger partial charge in [-0.2, -0.15) is 8.78 Å². The number of thioether (sulfide) groups is 1. The van der Waals surface area contributed by atoms with Crippen LogP contribution in [0.1, 0.15) is 6.92 Å². The van der Waals surface area contributed by atoms with E-state index in [2.05, 4.69) is 5.32 Å². The summed E-state index contributed by atoms with van der Waals surface area (Å²) >= 11 is 6.20. The lowest BCUT2D eigenvalue weighted by atomic mass is 10.2. The average molecular weight is 440 g/mol. The highest BCUT2D eigenvalue weighted by Crippen LogP contribution is 2.37. The Morgan fingerprint density at radius 1 is 1.14 bits per heavy atom. The third-order valence-electron chi connectivity index (χ3n) is 4.20. The highest BCUT2D eigenvalue weighted by molar-refractivity contribution is 7.99. The van der Waals surface area contributed by atoms with E-state index < -0.39 is 29.5 Å². The summed E-state index contributed by atoms with van der Waals surface area (Å²) in [7, 11) is 0. The molecule has 29 heavy (non-hydrogen) atoms. The van der Waals surface area contributed by atoms with Gasteiger partial charge in [0.15, 0.2) is 0 Å². The summed E-state index contributed by atoms with van der Waals surface area (Å²) in [6, 6.07) is 10.9. The molecule has 1 aromatic heterocycles. The number of alkyl halides is 2. The van der Waals surface area contributed by atoms with E-state index in [1.807, 2.05) is 0 Å². The summed E-state index contributed by atoms with van der Waals surface area (Å²) in [5, 5.41) is 2.91. The maximum atomic E-state index is 12.8. The highest BCUT2D eigenvalue weighted by Gasteiger charge is 2.18. The van der Waals surface area contributed by atoms with Gasteiger partial charge in [0.1, 0.15) is 6.54 Å². The number of anilines is 1. The Kier molecular flexibility index (Phi) is 6.39. The van der Waals surface area contributed by atoms with Crippen LogP contribution in [0.4, 0.5) is 14.5 Å². The number of aromatic nitrogens is 2. The highest BCUT2D eigenvalue weighted by atomic mass is 35.5. The molecule has 0 unspecified atom stereocenters. The lowest BCUT2D eigenvalue weighted by molar-refractivity contribution is -0.116. The number of hydrogen-bond acceptors (Lipinski definition) is 4. The number of nitrogens with zero attached hydrogens (tertiary/aromatic N) is 2. The van der Waals surface area contributed by atoms with Gasteiger partial charge in [0.05, 0.1) is 26.5 Å². The first-order valence-corrected chi connectivity index (χ1v) is 9.84. The zero-order valence-corrected chi connectivity index (χ0v) is 16.8. The lowest BCUT2D eigenvalue weighted by Gasteiger charge is -2.15. The van der Waals surface area contributed by atoms with Crippen LogP contribution in [0.25, 0.3) is 10.9 Å². The summed E-state index contributed by atoms with van der Waals surface area (Å²) in [6.07, 6.45) is 0. The van der Waals surface area contributed by atoms with Crippen molar-refractivity contribution in [2.75, 3.05) is 5.32 Å². The van der Waals surface area contributed by atoms with E-state index >= 15 is 0 Å². The second-order valence-electron chi connectivity index (χ2n) is 5.98. The van der Waals surface area contributed by atoms with Crippen LogP contribution < -0.4 is 16.6 Å². The molecule has 0 radical (unpaired) electrons. The van der Waals surface area contributed by atoms with Crippen LogP contribution in [0.15, 0.2) is 56.9 Å². The molecule has 1 amide bonds. The van der Waals surface area contributed by atoms with E-state index in [0.29, 0.717) is 10.9 Å². The standard InChI is InChI=1S/C19H16ClF2N3O3S/c1-2-24-17(27)11-6-3-4-9-14(11)25(19(24)28)10-15(26)23-13-8-5-7-12(20)16(13)29-18(21)22/h3-9,18H,2,10H2,1H3,(H,23,26). The molecule has 3 rings (SSSR count). The van der Waals surface area contributed by atoms with Crippen molar-refractivity contribution in [2.45, 2.75) is 30.7 Å². The minimum Gasteiger partial charge on any atom is -0.323 e. The molecule has 2 aromatic carbocycles. The van der Waals surface area contributed by atoms with Gasteiger partial charge in [0.2, 0.25) is 5.91 Å². The van der Waals surface area contributed by atoms with Gasteiger partial charge in [0.25, 0.3) is 11.3 Å². The van der Waals surface area contributed by atoms with Crippen molar-refractivity contribution in [2.24, 2.45) is 0 Å². The Balaban J connectivity index is 1.99. The summed E-state index contributed by atoms with van der Waals surface area (Å²) in [5.74, 6) is -3.33. The first-order valence-electron chi connectivity index (χ1n) is 8.59. The predicted octanol–water partition coefficient (Wildman–Crippen LogP) is 3.79. The van der Waals surface area contributed by atoms with Gasteiger partial charge < -0.3 is 5.32 Å². The van der Waals surface area contributed by atoms with Crippen molar-refractivity contribution in [1.29, 1.82) is 0 Å². The Hall–Kier alpha value is -2.65. The molecule has 0 saturated carbocycles. The third-order valence-corrected chi connectivity index (χ3v) is 5.48. The van der Waals surface area contributed by atoms with Gasteiger partial charge in [-0.15, -0.1) is 0 Å². The van der Waals surface area contributed by atoms with E-state index in [1.165, 1.54) is 22.8 Å². The zero-order valence-electron chi connectivity index (χ0n) is 15.2. The Labute approximate surface area is 173 Å². The van der Waals surface area contributed by atoms with Crippen LogP contribution in [0.5, 0.6) is 0 Å². The maximum absolute atomic E-state index is 12.8. The second-order valence-corrected chi connectivity index (χ2v) is 7.39. The molecule has 3 aromatic rings. The van der Waals surface area contributed by atoms with Crippen LogP contribution in [0.3, 0.4) is 0 Å². The molecule has 1 heterocycles. The van der Waals surface area contributed by atoms with Crippen molar-refractivity contribution in [3.05, 3.63) is 68.3 Å². The Morgan fingerprint density at radius 2 is 1.86 bits per heavy atom. The van der Waals surface area contributed by atoms with Gasteiger partial charge >= 0.3 is 5.69 Å². The average Bonchev–Trinajstić information content (AvgIpc) is 2.68. The number of carbonyl (C=O) groups is 1. The van der Waals surface area contributed by atoms with Crippen LogP contribution >= 0.6 is 23.4 Å². The molecule has 1 N–H and O–H groups in total. The predicted molar refractivity (Wildman–Crippen MR) is 110 cm³/mol. The zero-order chi connectivity index (χ0) is 21.1. The molecule has 0 spiro atoms. The number of hydrogen-bond donors (Lipinski definition) is 1. The van der Waals surface area contributed by atoms with Crippen molar-refractivity contribution >= 4 is 45.9 Å². The summed E-state index contributed by atoms with van der Waals surface area (Å²) in [5.41, 5.74) is -0.626. The number of nitrogens with one attached hydrogen (secondary N) is 1. The second kappa shape index (κ2) is 8.79. The molecule has 0 fully saturated rings. The van der Waals surface area contributed by atoms with Crippen molar-refractivity contribution in [3.63, 3.8) is 0 Å². The molecule has 0 atom stereocenters. The number of carbonyl (C=O) groups excluding carboxylic acids is 1. The van der Waals surface area contributed by atoms with Gasteiger partial charge in [-0.1, -0.05) is 41.6 Å². The Morgan fingerprint density at radius 3 is 2.55 bits per heavy atom. The molecule has 6 nitrogen and oxygen atoms in total. The molecule has 152 valence electrons. The first-order chi connectivity index (χ1) is 13.8. The minimum absolute atomic E-state index is 0.0354. The number of para-hydroxylation sites is 1. The summed E-state index contributed by atoms with van der Waals surface area (Å²) in [4.78, 5) is 37.8. The van der Waals surface area contributed by atoms with E-state index in [-0.39, 0.29) is 33.9 Å². The number of amides is 1. The molecule has 0 saturated heterocycles. The van der Waals surface area contributed by atoms with E-state index in [9.17, 15) is 23.2 Å². The number of halogens is 3. The van der Waals surface area contributed by atoms with Gasteiger partial charge in [-0.25, -0.2) is 4.79 Å². The van der Waals surface area contributed by atoms with Crippen LogP contribution in [-0.2, 0) is 17.9 Å². The SMILES string of the molecule is CCn1c(=O)c2ccccc2n(CC(=O)Nc2cccc(Cl)c2SC(F)F)c1=O. The number of benzene rings is 2. The van der Waals surface area contributed by atoms with Crippen LogP contribution in [0, 0.1) is 0 Å².